The third-order valence-corrected chi connectivity index (χ3v) is 8.98. The first-order valence-electron chi connectivity index (χ1n) is 10.9. The van der Waals surface area contributed by atoms with Crippen molar-refractivity contribution in [1.29, 1.82) is 0 Å². The molecule has 1 unspecified atom stereocenters. The van der Waals surface area contributed by atoms with Crippen LogP contribution in [-0.2, 0) is 14.8 Å². The summed E-state index contributed by atoms with van der Waals surface area (Å²) in [5.74, 6) is 1.03. The maximum atomic E-state index is 13.3. The highest BCUT2D eigenvalue weighted by Gasteiger charge is 2.52. The lowest BCUT2D eigenvalue weighted by molar-refractivity contribution is -0.153. The third kappa shape index (κ3) is 3.35. The normalized spacial score (nSPS) is 35.1. The quantitative estimate of drug-likeness (QED) is 0.724. The number of hydrogen-bond donors (Lipinski definition) is 2. The van der Waals surface area contributed by atoms with E-state index in [0.717, 1.165) is 13.0 Å². The molecule has 4 saturated heterocycles. The highest BCUT2D eigenvalue weighted by molar-refractivity contribution is 7.89. The zero-order chi connectivity index (χ0) is 20.2. The number of nitrogen functional groups attached to an aromatic ring is 1. The van der Waals surface area contributed by atoms with E-state index in [0.29, 0.717) is 30.0 Å². The van der Waals surface area contributed by atoms with Crippen LogP contribution in [0.4, 0.5) is 5.69 Å². The molecule has 0 bridgehead atoms. The molecule has 5 atom stereocenters. The van der Waals surface area contributed by atoms with Crippen molar-refractivity contribution in [1.82, 2.24) is 14.5 Å². The summed E-state index contributed by atoms with van der Waals surface area (Å²) in [6.07, 6.45) is 6.22. The molecule has 0 saturated carbocycles. The molecule has 4 heterocycles. The van der Waals surface area contributed by atoms with Crippen molar-refractivity contribution in [3.63, 3.8) is 0 Å². The number of carbonyl (C=O) groups is 1. The maximum Gasteiger partial charge on any atom is 0.241 e. The van der Waals surface area contributed by atoms with Gasteiger partial charge in [-0.1, -0.05) is 0 Å². The van der Waals surface area contributed by atoms with Gasteiger partial charge in [-0.2, -0.15) is 4.72 Å². The smallest absolute Gasteiger partial charge is 0.241 e. The summed E-state index contributed by atoms with van der Waals surface area (Å²) in [7, 11) is -3.75. The summed E-state index contributed by atoms with van der Waals surface area (Å²) < 4.78 is 28.2. The van der Waals surface area contributed by atoms with Crippen molar-refractivity contribution in [3.8, 4) is 0 Å². The Bertz CT molecular complexity index is 886. The van der Waals surface area contributed by atoms with Crippen LogP contribution >= 0.6 is 0 Å². The summed E-state index contributed by atoms with van der Waals surface area (Å²) in [6, 6.07) is 6.31. The van der Waals surface area contributed by atoms with Gasteiger partial charge in [-0.05, 0) is 87.7 Å². The van der Waals surface area contributed by atoms with Gasteiger partial charge in [0.2, 0.25) is 15.9 Å². The van der Waals surface area contributed by atoms with Gasteiger partial charge in [0.15, 0.2) is 0 Å². The number of fused-ring (bicyclic) bond motifs is 2. The molecule has 0 aromatic heterocycles. The van der Waals surface area contributed by atoms with Gasteiger partial charge in [0, 0.05) is 24.3 Å². The predicted molar refractivity (Wildman–Crippen MR) is 111 cm³/mol. The molecule has 4 aliphatic rings. The molecule has 8 heteroatoms. The Morgan fingerprint density at radius 2 is 1.72 bits per heavy atom. The van der Waals surface area contributed by atoms with Crippen LogP contribution in [-0.4, -0.2) is 61.9 Å². The number of rotatable bonds is 3. The Kier molecular flexibility index (Phi) is 4.83. The molecular formula is C21H30N4O3S. The van der Waals surface area contributed by atoms with Gasteiger partial charge in [-0.25, -0.2) is 8.42 Å². The number of carbonyl (C=O) groups excluding carboxylic acids is 1. The number of hydrogen-bond acceptors (Lipinski definition) is 5. The van der Waals surface area contributed by atoms with E-state index in [-0.39, 0.29) is 16.8 Å². The van der Waals surface area contributed by atoms with Crippen molar-refractivity contribution in [3.05, 3.63) is 24.3 Å². The standard InChI is InChI=1S/C21H30N4O3S/c22-15-5-7-16(8-6-15)29(27,28)23-18-9-10-19-17-4-2-12-24-11-1-3-14(20(17)24)13-25(19)21(18)26/h5-8,14,17-20,23H,1-4,9-13,22H2/t14-,17+,18?,19+,20-/m0/s1. The number of piperidine rings is 4. The molecule has 1 aromatic rings. The molecule has 4 fully saturated rings. The molecule has 0 radical (unpaired) electrons. The lowest BCUT2D eigenvalue weighted by Crippen LogP contribution is -2.69. The van der Waals surface area contributed by atoms with Gasteiger partial charge in [-0.3, -0.25) is 9.69 Å². The molecular weight excluding hydrogens is 388 g/mol. The molecule has 4 aliphatic heterocycles. The summed E-state index contributed by atoms with van der Waals surface area (Å²) in [5.41, 5.74) is 6.18. The topological polar surface area (TPSA) is 95.7 Å². The van der Waals surface area contributed by atoms with Crippen LogP contribution in [0.5, 0.6) is 0 Å². The number of anilines is 1. The minimum Gasteiger partial charge on any atom is -0.399 e. The van der Waals surface area contributed by atoms with Crippen LogP contribution < -0.4 is 10.5 Å². The van der Waals surface area contributed by atoms with Crippen LogP contribution in [0.15, 0.2) is 29.2 Å². The Morgan fingerprint density at radius 1 is 1.00 bits per heavy atom. The number of nitrogens with zero attached hydrogens (tertiary/aromatic N) is 2. The Hall–Kier alpha value is -1.64. The second kappa shape index (κ2) is 7.25. The van der Waals surface area contributed by atoms with Crippen molar-refractivity contribution >= 4 is 21.6 Å². The monoisotopic (exact) mass is 418 g/mol. The maximum absolute atomic E-state index is 13.3. The van der Waals surface area contributed by atoms with E-state index < -0.39 is 16.1 Å². The van der Waals surface area contributed by atoms with Gasteiger partial charge in [0.1, 0.15) is 6.04 Å². The Morgan fingerprint density at radius 3 is 2.48 bits per heavy atom. The van der Waals surface area contributed by atoms with E-state index in [4.69, 9.17) is 5.73 Å². The first-order valence-corrected chi connectivity index (χ1v) is 12.3. The number of nitrogens with two attached hydrogens (primary N) is 1. The minimum atomic E-state index is -3.75. The van der Waals surface area contributed by atoms with Crippen molar-refractivity contribution in [2.45, 2.75) is 61.5 Å². The summed E-state index contributed by atoms with van der Waals surface area (Å²) in [5, 5.41) is 0. The molecule has 0 spiro atoms. The van der Waals surface area contributed by atoms with Gasteiger partial charge in [-0.15, -0.1) is 0 Å². The molecule has 1 aromatic carbocycles. The summed E-state index contributed by atoms with van der Waals surface area (Å²) >= 11 is 0. The Balaban J connectivity index is 1.35. The van der Waals surface area contributed by atoms with Crippen molar-refractivity contribution < 1.29 is 13.2 Å². The van der Waals surface area contributed by atoms with E-state index in [2.05, 4.69) is 9.62 Å². The zero-order valence-electron chi connectivity index (χ0n) is 16.7. The van der Waals surface area contributed by atoms with Crippen molar-refractivity contribution in [2.24, 2.45) is 11.8 Å². The first kappa shape index (κ1) is 19.3. The molecule has 29 heavy (non-hydrogen) atoms. The first-order chi connectivity index (χ1) is 13.9. The van der Waals surface area contributed by atoms with Gasteiger partial charge in [0.05, 0.1) is 4.90 Å². The van der Waals surface area contributed by atoms with Crippen LogP contribution in [0.2, 0.25) is 0 Å². The van der Waals surface area contributed by atoms with E-state index in [1.54, 1.807) is 12.1 Å². The highest BCUT2D eigenvalue weighted by atomic mass is 32.2. The molecule has 0 aliphatic carbocycles. The number of nitrogens with one attached hydrogen (secondary N) is 1. The van der Waals surface area contributed by atoms with E-state index >= 15 is 0 Å². The fourth-order valence-corrected chi connectivity index (χ4v) is 7.51. The lowest BCUT2D eigenvalue weighted by atomic mass is 9.68. The van der Waals surface area contributed by atoms with E-state index in [1.165, 1.54) is 50.9 Å². The van der Waals surface area contributed by atoms with E-state index in [9.17, 15) is 13.2 Å². The fraction of sp³-hybridized carbons (Fsp3) is 0.667. The SMILES string of the molecule is Nc1ccc(S(=O)(=O)NC2CC[C@@H]3[C@H]4CCCN5CCC[C@@H](CN3C2=O)[C@@H]45)cc1. The highest BCUT2D eigenvalue weighted by Crippen LogP contribution is 2.44. The molecule has 158 valence electrons. The molecule has 5 rings (SSSR count). The van der Waals surface area contributed by atoms with Gasteiger partial charge < -0.3 is 10.6 Å². The van der Waals surface area contributed by atoms with Crippen LogP contribution in [0.1, 0.15) is 38.5 Å². The van der Waals surface area contributed by atoms with E-state index in [1.807, 2.05) is 4.90 Å². The third-order valence-electron chi connectivity index (χ3n) is 7.49. The van der Waals surface area contributed by atoms with Crippen LogP contribution in [0.3, 0.4) is 0 Å². The van der Waals surface area contributed by atoms with Crippen LogP contribution in [0, 0.1) is 11.8 Å². The zero-order valence-corrected chi connectivity index (χ0v) is 17.5. The average Bonchev–Trinajstić information content (AvgIpc) is 2.71. The average molecular weight is 419 g/mol. The number of benzene rings is 1. The van der Waals surface area contributed by atoms with Crippen LogP contribution in [0.25, 0.3) is 0 Å². The molecule has 3 N–H and O–H groups in total. The summed E-state index contributed by atoms with van der Waals surface area (Å²) in [6.45, 7) is 3.17. The van der Waals surface area contributed by atoms with Gasteiger partial charge >= 0.3 is 0 Å². The largest absolute Gasteiger partial charge is 0.399 e. The number of sulfonamides is 1. The number of amides is 1. The second-order valence-electron chi connectivity index (χ2n) is 9.11. The second-order valence-corrected chi connectivity index (χ2v) is 10.8. The van der Waals surface area contributed by atoms with Crippen molar-refractivity contribution in [2.75, 3.05) is 25.4 Å². The minimum absolute atomic E-state index is 0.0404. The fourth-order valence-electron chi connectivity index (χ4n) is 6.29. The predicted octanol–water partition coefficient (Wildman–Crippen LogP) is 1.41. The lowest BCUT2D eigenvalue weighted by Gasteiger charge is -2.59. The van der Waals surface area contributed by atoms with Gasteiger partial charge in [0.25, 0.3) is 0 Å². The molecule has 1 amide bonds. The summed E-state index contributed by atoms with van der Waals surface area (Å²) in [4.78, 5) is 18.2. The molecule has 7 nitrogen and oxygen atoms in total. The Labute approximate surface area is 172 Å².